The fraction of sp³-hybridized carbons (Fsp3) is 0.423. The monoisotopic (exact) mass is 450 g/mol. The van der Waals surface area contributed by atoms with Gasteiger partial charge in [-0.1, -0.05) is 55.5 Å². The van der Waals surface area contributed by atoms with E-state index in [2.05, 4.69) is 29.6 Å². The van der Waals surface area contributed by atoms with Crippen LogP contribution in [-0.2, 0) is 14.3 Å². The topological polar surface area (TPSA) is 95.9 Å². The summed E-state index contributed by atoms with van der Waals surface area (Å²) in [6.07, 6.45) is 1.04. The smallest absolute Gasteiger partial charge is 0.407 e. The minimum absolute atomic E-state index is 0.00150. The van der Waals surface area contributed by atoms with E-state index in [0.29, 0.717) is 25.9 Å². The molecule has 33 heavy (non-hydrogen) atoms. The summed E-state index contributed by atoms with van der Waals surface area (Å²) >= 11 is 0. The Bertz CT molecular complexity index is 991. The highest BCUT2D eigenvalue weighted by Gasteiger charge is 2.31. The Morgan fingerprint density at radius 2 is 1.73 bits per heavy atom. The number of hydrogen-bond donors (Lipinski definition) is 2. The van der Waals surface area contributed by atoms with Crippen LogP contribution in [0.15, 0.2) is 48.5 Å². The third kappa shape index (κ3) is 5.18. The van der Waals surface area contributed by atoms with E-state index >= 15 is 0 Å². The zero-order valence-corrected chi connectivity index (χ0v) is 18.8. The Morgan fingerprint density at radius 1 is 1.09 bits per heavy atom. The van der Waals surface area contributed by atoms with Crippen LogP contribution in [0.4, 0.5) is 4.79 Å². The lowest BCUT2D eigenvalue weighted by molar-refractivity contribution is -0.138. The molecule has 2 aromatic carbocycles. The molecule has 0 aromatic heterocycles. The van der Waals surface area contributed by atoms with Gasteiger partial charge in [-0.05, 0) is 41.0 Å². The second-order valence-electron chi connectivity index (χ2n) is 8.87. The van der Waals surface area contributed by atoms with Crippen molar-refractivity contribution in [3.8, 4) is 11.1 Å². The van der Waals surface area contributed by atoms with Crippen molar-refractivity contribution < 1.29 is 24.2 Å². The number of fused-ring (bicyclic) bond motifs is 3. The number of carboxylic acids is 1. The zero-order chi connectivity index (χ0) is 23.4. The number of likely N-dealkylation sites (tertiary alicyclic amines) is 1. The molecular formula is C26H30N2O5. The highest BCUT2D eigenvalue weighted by molar-refractivity contribution is 5.80. The van der Waals surface area contributed by atoms with Crippen LogP contribution in [0, 0.1) is 5.92 Å². The second kappa shape index (κ2) is 10.1. The summed E-state index contributed by atoms with van der Waals surface area (Å²) in [5.41, 5.74) is 4.65. The van der Waals surface area contributed by atoms with Gasteiger partial charge in [0.15, 0.2) is 0 Å². The SMILES string of the molecule is CCC(CC(=O)N1CCC(CC(=O)O)C1)NC(=O)OCC1c2ccccc2-c2ccccc21. The summed E-state index contributed by atoms with van der Waals surface area (Å²) in [7, 11) is 0. The number of carbonyl (C=O) groups is 3. The highest BCUT2D eigenvalue weighted by atomic mass is 16.5. The lowest BCUT2D eigenvalue weighted by Gasteiger charge is -2.22. The van der Waals surface area contributed by atoms with E-state index in [0.717, 1.165) is 11.1 Å². The summed E-state index contributed by atoms with van der Waals surface area (Å²) < 4.78 is 5.60. The zero-order valence-electron chi connectivity index (χ0n) is 18.8. The van der Waals surface area contributed by atoms with Crippen LogP contribution in [0.5, 0.6) is 0 Å². The molecule has 2 unspecified atom stereocenters. The lowest BCUT2D eigenvalue weighted by Crippen LogP contribution is -2.40. The van der Waals surface area contributed by atoms with Gasteiger partial charge >= 0.3 is 12.1 Å². The van der Waals surface area contributed by atoms with E-state index in [1.54, 1.807) is 4.90 Å². The van der Waals surface area contributed by atoms with Gasteiger partial charge in [-0.25, -0.2) is 4.79 Å². The predicted octanol–water partition coefficient (Wildman–Crippen LogP) is 4.02. The molecule has 7 heteroatoms. The minimum atomic E-state index is -0.836. The molecule has 7 nitrogen and oxygen atoms in total. The normalized spacial score (nSPS) is 17.8. The summed E-state index contributed by atoms with van der Waals surface area (Å²) in [5.74, 6) is -0.909. The maximum Gasteiger partial charge on any atom is 0.407 e. The first kappa shape index (κ1) is 22.8. The van der Waals surface area contributed by atoms with Gasteiger partial charge in [0.1, 0.15) is 6.61 Å². The maximum absolute atomic E-state index is 12.7. The molecular weight excluding hydrogens is 420 g/mol. The molecule has 2 N–H and O–H groups in total. The van der Waals surface area contributed by atoms with Crippen molar-refractivity contribution in [2.75, 3.05) is 19.7 Å². The minimum Gasteiger partial charge on any atom is -0.481 e. The van der Waals surface area contributed by atoms with Crippen LogP contribution in [0.1, 0.15) is 49.7 Å². The Morgan fingerprint density at radius 3 is 2.33 bits per heavy atom. The molecule has 1 heterocycles. The van der Waals surface area contributed by atoms with Crippen molar-refractivity contribution in [1.29, 1.82) is 0 Å². The van der Waals surface area contributed by atoms with Crippen LogP contribution in [0.25, 0.3) is 11.1 Å². The third-order valence-electron chi connectivity index (χ3n) is 6.68. The van der Waals surface area contributed by atoms with Crippen LogP contribution in [0.3, 0.4) is 0 Å². The first-order valence-electron chi connectivity index (χ1n) is 11.6. The predicted molar refractivity (Wildman–Crippen MR) is 124 cm³/mol. The molecule has 2 atom stereocenters. The number of ether oxygens (including phenoxy) is 1. The van der Waals surface area contributed by atoms with Crippen LogP contribution in [0.2, 0.25) is 0 Å². The van der Waals surface area contributed by atoms with Gasteiger partial charge in [0.25, 0.3) is 0 Å². The molecule has 1 saturated heterocycles. The van der Waals surface area contributed by atoms with Gasteiger partial charge in [-0.2, -0.15) is 0 Å². The largest absolute Gasteiger partial charge is 0.481 e. The van der Waals surface area contributed by atoms with Gasteiger partial charge in [0.2, 0.25) is 5.91 Å². The van der Waals surface area contributed by atoms with Crippen LogP contribution < -0.4 is 5.32 Å². The third-order valence-corrected chi connectivity index (χ3v) is 6.68. The molecule has 0 radical (unpaired) electrons. The maximum atomic E-state index is 12.7. The van der Waals surface area contributed by atoms with E-state index in [9.17, 15) is 14.4 Å². The van der Waals surface area contributed by atoms with Gasteiger partial charge in [0.05, 0.1) is 0 Å². The van der Waals surface area contributed by atoms with Gasteiger partial charge in [-0.15, -0.1) is 0 Å². The summed E-state index contributed by atoms with van der Waals surface area (Å²) in [6.45, 7) is 3.18. The molecule has 4 rings (SSSR count). The van der Waals surface area contributed by atoms with E-state index in [4.69, 9.17) is 9.84 Å². The van der Waals surface area contributed by atoms with Crippen molar-refractivity contribution in [3.05, 3.63) is 59.7 Å². The Kier molecular flexibility index (Phi) is 6.96. The van der Waals surface area contributed by atoms with Crippen molar-refractivity contribution in [2.24, 2.45) is 5.92 Å². The molecule has 1 fully saturated rings. The number of hydrogen-bond acceptors (Lipinski definition) is 4. The van der Waals surface area contributed by atoms with Crippen LogP contribution in [-0.4, -0.2) is 53.7 Å². The van der Waals surface area contributed by atoms with E-state index in [-0.39, 0.29) is 43.2 Å². The molecule has 1 aliphatic carbocycles. The van der Waals surface area contributed by atoms with Crippen molar-refractivity contribution in [2.45, 2.75) is 44.6 Å². The number of nitrogens with zero attached hydrogens (tertiary/aromatic N) is 1. The number of alkyl carbamates (subject to hydrolysis) is 1. The van der Waals surface area contributed by atoms with Crippen LogP contribution >= 0.6 is 0 Å². The fourth-order valence-corrected chi connectivity index (χ4v) is 4.92. The van der Waals surface area contributed by atoms with E-state index in [1.165, 1.54) is 11.1 Å². The fourth-order valence-electron chi connectivity index (χ4n) is 4.92. The number of amides is 2. The highest BCUT2D eigenvalue weighted by Crippen LogP contribution is 2.44. The molecule has 2 amide bonds. The number of rotatable bonds is 8. The number of carbonyl (C=O) groups excluding carboxylic acids is 2. The first-order valence-corrected chi connectivity index (χ1v) is 11.6. The Hall–Kier alpha value is -3.35. The van der Waals surface area contributed by atoms with Gasteiger partial charge in [0, 0.05) is 37.9 Å². The summed E-state index contributed by atoms with van der Waals surface area (Å²) in [4.78, 5) is 37.8. The van der Waals surface area contributed by atoms with Crippen molar-refractivity contribution >= 4 is 18.0 Å². The second-order valence-corrected chi connectivity index (χ2v) is 8.87. The van der Waals surface area contributed by atoms with Crippen molar-refractivity contribution in [3.63, 3.8) is 0 Å². The Labute approximate surface area is 193 Å². The number of benzene rings is 2. The summed E-state index contributed by atoms with van der Waals surface area (Å²) in [6, 6.07) is 16.0. The number of carboxylic acid groups (broad SMARTS) is 1. The summed E-state index contributed by atoms with van der Waals surface area (Å²) in [5, 5.41) is 11.8. The average molecular weight is 451 g/mol. The van der Waals surface area contributed by atoms with E-state index < -0.39 is 12.1 Å². The molecule has 2 aromatic rings. The van der Waals surface area contributed by atoms with Gasteiger partial charge in [-0.3, -0.25) is 9.59 Å². The standard InChI is InChI=1S/C26H30N2O5/c1-2-18(14-24(29)28-12-11-17(15-28)13-25(30)31)27-26(32)33-16-23-21-9-5-3-7-19(21)20-8-4-6-10-22(20)23/h3-10,17-18,23H,2,11-16H2,1H3,(H,27,32)(H,30,31). The molecule has 0 bridgehead atoms. The Balaban J connectivity index is 1.30. The molecule has 2 aliphatic rings. The molecule has 0 saturated carbocycles. The van der Waals surface area contributed by atoms with Crippen molar-refractivity contribution in [1.82, 2.24) is 10.2 Å². The quantitative estimate of drug-likeness (QED) is 0.633. The lowest BCUT2D eigenvalue weighted by atomic mass is 9.98. The molecule has 1 aliphatic heterocycles. The number of aliphatic carboxylic acids is 1. The molecule has 0 spiro atoms. The first-order chi connectivity index (χ1) is 16.0. The number of nitrogens with one attached hydrogen (secondary N) is 1. The van der Waals surface area contributed by atoms with Gasteiger partial charge < -0.3 is 20.1 Å². The van der Waals surface area contributed by atoms with E-state index in [1.807, 2.05) is 31.2 Å². The molecule has 174 valence electrons. The average Bonchev–Trinajstić information content (AvgIpc) is 3.39.